The molecule has 24 heavy (non-hydrogen) atoms. The summed E-state index contributed by atoms with van der Waals surface area (Å²) in [7, 11) is 0. The second-order valence-corrected chi connectivity index (χ2v) is 6.80. The molecule has 7 heteroatoms. The van der Waals surface area contributed by atoms with Crippen LogP contribution < -0.4 is 5.32 Å². The molecule has 0 aliphatic rings. The average molecular weight is 378 g/mol. The van der Waals surface area contributed by atoms with Crippen molar-refractivity contribution in [2.75, 3.05) is 5.75 Å². The largest absolute Gasteiger partial charge is 0.351 e. The molecule has 2 aromatic carbocycles. The van der Waals surface area contributed by atoms with E-state index in [0.717, 1.165) is 21.5 Å². The number of nitrogens with zero attached hydrogens (tertiary/aromatic N) is 2. The Bertz CT molecular complexity index is 883. The van der Waals surface area contributed by atoms with Crippen molar-refractivity contribution in [1.29, 1.82) is 0 Å². The van der Waals surface area contributed by atoms with Crippen LogP contribution in [-0.2, 0) is 11.3 Å². The zero-order valence-corrected chi connectivity index (χ0v) is 14.8. The summed E-state index contributed by atoms with van der Waals surface area (Å²) >= 11 is 13.3. The molecule has 0 unspecified atom stereocenters. The number of amides is 1. The predicted molar refractivity (Wildman–Crippen MR) is 98.6 cm³/mol. The van der Waals surface area contributed by atoms with E-state index in [-0.39, 0.29) is 11.7 Å². The van der Waals surface area contributed by atoms with Crippen molar-refractivity contribution in [2.45, 2.75) is 11.6 Å². The second-order valence-electron chi connectivity index (χ2n) is 5.00. The number of carbonyl (C=O) groups is 1. The van der Waals surface area contributed by atoms with Crippen LogP contribution in [-0.4, -0.2) is 21.6 Å². The molecular formula is C17H13Cl2N3OS. The van der Waals surface area contributed by atoms with E-state index in [0.29, 0.717) is 16.6 Å². The van der Waals surface area contributed by atoms with Gasteiger partial charge in [0.15, 0.2) is 0 Å². The van der Waals surface area contributed by atoms with Crippen LogP contribution in [0.2, 0.25) is 10.0 Å². The molecule has 0 atom stereocenters. The standard InChI is InChI=1S/C17H13Cl2N3OS/c18-12-6-5-11(14(19)7-12)8-20-16(23)9-24-17-13-3-1-2-4-15(13)21-10-22-17/h1-7,10H,8-9H2,(H,20,23). The highest BCUT2D eigenvalue weighted by Gasteiger charge is 2.08. The Balaban J connectivity index is 1.59. The molecule has 3 aromatic rings. The normalized spacial score (nSPS) is 10.8. The van der Waals surface area contributed by atoms with Gasteiger partial charge in [-0.2, -0.15) is 0 Å². The van der Waals surface area contributed by atoms with Gasteiger partial charge in [-0.1, -0.05) is 59.2 Å². The zero-order chi connectivity index (χ0) is 16.9. The summed E-state index contributed by atoms with van der Waals surface area (Å²) in [5.41, 5.74) is 1.69. The Labute approximate surface area is 153 Å². The van der Waals surface area contributed by atoms with Crippen molar-refractivity contribution in [1.82, 2.24) is 15.3 Å². The molecule has 3 rings (SSSR count). The fraction of sp³-hybridized carbons (Fsp3) is 0.118. The molecule has 0 aliphatic heterocycles. The van der Waals surface area contributed by atoms with Crippen molar-refractivity contribution in [3.8, 4) is 0 Å². The molecule has 0 aliphatic carbocycles. The highest BCUT2D eigenvalue weighted by molar-refractivity contribution is 8.00. The number of hydrogen-bond acceptors (Lipinski definition) is 4. The Morgan fingerprint density at radius 3 is 2.79 bits per heavy atom. The van der Waals surface area contributed by atoms with E-state index in [1.165, 1.54) is 18.1 Å². The van der Waals surface area contributed by atoms with Crippen LogP contribution in [0.4, 0.5) is 0 Å². The molecule has 1 heterocycles. The molecule has 0 saturated carbocycles. The van der Waals surface area contributed by atoms with E-state index < -0.39 is 0 Å². The first-order valence-electron chi connectivity index (χ1n) is 7.16. The van der Waals surface area contributed by atoms with Crippen LogP contribution in [0.3, 0.4) is 0 Å². The Hall–Kier alpha value is -1.82. The van der Waals surface area contributed by atoms with Gasteiger partial charge >= 0.3 is 0 Å². The van der Waals surface area contributed by atoms with Crippen LogP contribution in [0.25, 0.3) is 10.9 Å². The average Bonchev–Trinajstić information content (AvgIpc) is 2.59. The maximum atomic E-state index is 12.1. The minimum atomic E-state index is -0.0892. The molecular weight excluding hydrogens is 365 g/mol. The number of benzene rings is 2. The molecule has 0 bridgehead atoms. The number of rotatable bonds is 5. The number of nitrogens with one attached hydrogen (secondary N) is 1. The molecule has 0 fully saturated rings. The first-order chi connectivity index (χ1) is 11.6. The third kappa shape index (κ3) is 4.17. The number of para-hydroxylation sites is 1. The van der Waals surface area contributed by atoms with Gasteiger partial charge in [-0.25, -0.2) is 9.97 Å². The molecule has 0 saturated heterocycles. The minimum absolute atomic E-state index is 0.0892. The maximum Gasteiger partial charge on any atom is 0.230 e. The number of halogens is 2. The number of hydrogen-bond donors (Lipinski definition) is 1. The highest BCUT2D eigenvalue weighted by atomic mass is 35.5. The van der Waals surface area contributed by atoms with Crippen molar-refractivity contribution in [3.63, 3.8) is 0 Å². The summed E-state index contributed by atoms with van der Waals surface area (Å²) in [6.07, 6.45) is 1.51. The molecule has 122 valence electrons. The van der Waals surface area contributed by atoms with Gasteiger partial charge in [0.1, 0.15) is 11.4 Å². The summed E-state index contributed by atoms with van der Waals surface area (Å²) in [6, 6.07) is 12.9. The minimum Gasteiger partial charge on any atom is -0.351 e. The van der Waals surface area contributed by atoms with Crippen molar-refractivity contribution in [2.24, 2.45) is 0 Å². The van der Waals surface area contributed by atoms with Gasteiger partial charge in [-0.05, 0) is 23.8 Å². The number of aromatic nitrogens is 2. The van der Waals surface area contributed by atoms with E-state index >= 15 is 0 Å². The summed E-state index contributed by atoms with van der Waals surface area (Å²) in [4.78, 5) is 20.5. The van der Waals surface area contributed by atoms with Crippen molar-refractivity contribution >= 4 is 51.8 Å². The van der Waals surface area contributed by atoms with Crippen LogP contribution in [0.5, 0.6) is 0 Å². The second kappa shape index (κ2) is 7.83. The van der Waals surface area contributed by atoms with Gasteiger partial charge in [0.25, 0.3) is 0 Å². The van der Waals surface area contributed by atoms with E-state index in [1.54, 1.807) is 18.2 Å². The third-order valence-electron chi connectivity index (χ3n) is 3.34. The summed E-state index contributed by atoms with van der Waals surface area (Å²) in [6.45, 7) is 0.361. The molecule has 1 aromatic heterocycles. The smallest absolute Gasteiger partial charge is 0.230 e. The van der Waals surface area contributed by atoms with E-state index in [2.05, 4.69) is 15.3 Å². The Kier molecular flexibility index (Phi) is 5.56. The number of thioether (sulfide) groups is 1. The van der Waals surface area contributed by atoms with Gasteiger partial charge < -0.3 is 5.32 Å². The topological polar surface area (TPSA) is 54.9 Å². The highest BCUT2D eigenvalue weighted by Crippen LogP contribution is 2.24. The van der Waals surface area contributed by atoms with Crippen LogP contribution >= 0.6 is 35.0 Å². The summed E-state index contributed by atoms with van der Waals surface area (Å²) < 4.78 is 0. The van der Waals surface area contributed by atoms with Crippen molar-refractivity contribution < 1.29 is 4.79 Å². The Morgan fingerprint density at radius 1 is 1.12 bits per heavy atom. The SMILES string of the molecule is O=C(CSc1ncnc2ccccc12)NCc1ccc(Cl)cc1Cl. The van der Waals surface area contributed by atoms with Crippen molar-refractivity contribution in [3.05, 3.63) is 64.4 Å². The van der Waals surface area contributed by atoms with Gasteiger partial charge in [0.05, 0.1) is 11.3 Å². The lowest BCUT2D eigenvalue weighted by Crippen LogP contribution is -2.24. The molecule has 0 spiro atoms. The summed E-state index contributed by atoms with van der Waals surface area (Å²) in [5, 5.41) is 5.69. The van der Waals surface area contributed by atoms with E-state index in [4.69, 9.17) is 23.2 Å². The number of fused-ring (bicyclic) bond motifs is 1. The maximum absolute atomic E-state index is 12.1. The van der Waals surface area contributed by atoms with Gasteiger partial charge in [-0.3, -0.25) is 4.79 Å². The molecule has 1 N–H and O–H groups in total. The lowest BCUT2D eigenvalue weighted by molar-refractivity contribution is -0.118. The van der Waals surface area contributed by atoms with Crippen LogP contribution in [0.15, 0.2) is 53.8 Å². The molecule has 1 amide bonds. The van der Waals surface area contributed by atoms with Gasteiger partial charge in [0.2, 0.25) is 5.91 Å². The first-order valence-corrected chi connectivity index (χ1v) is 8.91. The zero-order valence-electron chi connectivity index (χ0n) is 12.5. The first kappa shape index (κ1) is 17.0. The predicted octanol–water partition coefficient (Wildman–Crippen LogP) is 4.35. The van der Waals surface area contributed by atoms with E-state index in [1.807, 2.05) is 24.3 Å². The third-order valence-corrected chi connectivity index (χ3v) is 4.93. The lowest BCUT2D eigenvalue weighted by Gasteiger charge is -2.08. The van der Waals surface area contributed by atoms with E-state index in [9.17, 15) is 4.79 Å². The van der Waals surface area contributed by atoms with Gasteiger partial charge in [0, 0.05) is 22.0 Å². The monoisotopic (exact) mass is 377 g/mol. The van der Waals surface area contributed by atoms with Gasteiger partial charge in [-0.15, -0.1) is 0 Å². The molecule has 4 nitrogen and oxygen atoms in total. The summed E-state index contributed by atoms with van der Waals surface area (Å²) in [5.74, 6) is 0.181. The molecule has 0 radical (unpaired) electrons. The lowest BCUT2D eigenvalue weighted by atomic mass is 10.2. The van der Waals surface area contributed by atoms with Crippen LogP contribution in [0, 0.1) is 0 Å². The fourth-order valence-corrected chi connectivity index (χ4v) is 3.43. The fourth-order valence-electron chi connectivity index (χ4n) is 2.14. The quantitative estimate of drug-likeness (QED) is 0.530. The van der Waals surface area contributed by atoms with Crippen LogP contribution in [0.1, 0.15) is 5.56 Å². The number of carbonyl (C=O) groups excluding carboxylic acids is 1. The Morgan fingerprint density at radius 2 is 1.96 bits per heavy atom.